The van der Waals surface area contributed by atoms with Crippen LogP contribution >= 0.6 is 11.3 Å². The van der Waals surface area contributed by atoms with Gasteiger partial charge in [0.1, 0.15) is 0 Å². The molecule has 0 aliphatic rings. The Morgan fingerprint density at radius 1 is 1.24 bits per heavy atom. The lowest BCUT2D eigenvalue weighted by atomic mass is 9.89. The van der Waals surface area contributed by atoms with Gasteiger partial charge in [-0.25, -0.2) is 4.98 Å². The highest BCUT2D eigenvalue weighted by molar-refractivity contribution is 7.18. The van der Waals surface area contributed by atoms with Gasteiger partial charge < -0.3 is 5.73 Å². The Morgan fingerprint density at radius 3 is 2.59 bits per heavy atom. The Kier molecular flexibility index (Phi) is 3.79. The van der Waals surface area contributed by atoms with Crippen molar-refractivity contribution in [3.63, 3.8) is 0 Å². The minimum atomic E-state index is 0.204. The second-order valence-electron chi connectivity index (χ2n) is 5.05. The number of para-hydroxylation sites is 1. The van der Waals surface area contributed by atoms with E-state index in [1.54, 1.807) is 11.3 Å². The number of hydrogen-bond donors (Lipinski definition) is 1. The SMILES string of the molecule is CC(C)C(C)C(N)Cc1nc2ccccc2s1. The summed E-state index contributed by atoms with van der Waals surface area (Å²) in [5.74, 6) is 1.15. The number of nitrogens with zero attached hydrogens (tertiary/aromatic N) is 1. The zero-order chi connectivity index (χ0) is 12.4. The standard InChI is InChI=1S/C14H20N2S/c1-9(2)10(3)11(15)8-14-16-12-6-4-5-7-13(12)17-14/h4-7,9-11H,8,15H2,1-3H3. The van der Waals surface area contributed by atoms with Crippen LogP contribution in [-0.4, -0.2) is 11.0 Å². The Morgan fingerprint density at radius 2 is 1.94 bits per heavy atom. The molecule has 2 unspecified atom stereocenters. The van der Waals surface area contributed by atoms with E-state index in [0.29, 0.717) is 11.8 Å². The number of nitrogens with two attached hydrogens (primary N) is 1. The fourth-order valence-corrected chi connectivity index (χ4v) is 2.93. The lowest BCUT2D eigenvalue weighted by molar-refractivity contribution is 0.344. The molecule has 0 radical (unpaired) electrons. The van der Waals surface area contributed by atoms with Crippen LogP contribution in [0.25, 0.3) is 10.2 Å². The minimum Gasteiger partial charge on any atom is -0.327 e. The van der Waals surface area contributed by atoms with Crippen LogP contribution in [0.1, 0.15) is 25.8 Å². The van der Waals surface area contributed by atoms with E-state index in [-0.39, 0.29) is 6.04 Å². The Labute approximate surface area is 107 Å². The van der Waals surface area contributed by atoms with Crippen molar-refractivity contribution in [2.45, 2.75) is 33.2 Å². The van der Waals surface area contributed by atoms with Crippen LogP contribution in [0.4, 0.5) is 0 Å². The highest BCUT2D eigenvalue weighted by atomic mass is 32.1. The summed E-state index contributed by atoms with van der Waals surface area (Å²) < 4.78 is 1.26. The molecule has 17 heavy (non-hydrogen) atoms. The van der Waals surface area contributed by atoms with E-state index in [4.69, 9.17) is 5.73 Å². The maximum absolute atomic E-state index is 6.24. The molecule has 2 rings (SSSR count). The van der Waals surface area contributed by atoms with Crippen molar-refractivity contribution in [3.8, 4) is 0 Å². The molecule has 2 atom stereocenters. The molecule has 2 nitrogen and oxygen atoms in total. The Balaban J connectivity index is 2.13. The summed E-state index contributed by atoms with van der Waals surface area (Å²) in [6.07, 6.45) is 0.888. The van der Waals surface area contributed by atoms with E-state index < -0.39 is 0 Å². The van der Waals surface area contributed by atoms with E-state index in [0.717, 1.165) is 16.9 Å². The molecule has 1 heterocycles. The lowest BCUT2D eigenvalue weighted by Gasteiger charge is -2.22. The zero-order valence-electron chi connectivity index (χ0n) is 10.7. The maximum atomic E-state index is 6.24. The van der Waals surface area contributed by atoms with Crippen LogP contribution in [0.5, 0.6) is 0 Å². The Hall–Kier alpha value is -0.930. The Bertz CT molecular complexity index is 457. The summed E-state index contributed by atoms with van der Waals surface area (Å²) in [6, 6.07) is 8.47. The highest BCUT2D eigenvalue weighted by Crippen LogP contribution is 2.24. The van der Waals surface area contributed by atoms with Crippen LogP contribution < -0.4 is 5.73 Å². The number of rotatable bonds is 4. The summed E-state index contributed by atoms with van der Waals surface area (Å²) >= 11 is 1.76. The van der Waals surface area contributed by atoms with E-state index in [2.05, 4.69) is 44.0 Å². The van der Waals surface area contributed by atoms with Gasteiger partial charge in [0.25, 0.3) is 0 Å². The highest BCUT2D eigenvalue weighted by Gasteiger charge is 2.18. The number of aromatic nitrogens is 1. The first kappa shape index (κ1) is 12.5. The molecule has 0 amide bonds. The van der Waals surface area contributed by atoms with Gasteiger partial charge in [0.05, 0.1) is 15.2 Å². The van der Waals surface area contributed by atoms with Crippen molar-refractivity contribution in [3.05, 3.63) is 29.3 Å². The molecular weight excluding hydrogens is 228 g/mol. The molecular formula is C14H20N2S. The average molecular weight is 248 g/mol. The molecule has 0 saturated carbocycles. The molecule has 0 bridgehead atoms. The number of thiazole rings is 1. The van der Waals surface area contributed by atoms with Gasteiger partial charge in [0, 0.05) is 12.5 Å². The smallest absolute Gasteiger partial charge is 0.0954 e. The van der Waals surface area contributed by atoms with Gasteiger partial charge in [-0.3, -0.25) is 0 Å². The molecule has 2 N–H and O–H groups in total. The van der Waals surface area contributed by atoms with Gasteiger partial charge >= 0.3 is 0 Å². The third-order valence-electron chi connectivity index (χ3n) is 3.48. The third kappa shape index (κ3) is 2.85. The maximum Gasteiger partial charge on any atom is 0.0954 e. The van der Waals surface area contributed by atoms with Crippen LogP contribution in [0.3, 0.4) is 0 Å². The summed E-state index contributed by atoms with van der Waals surface area (Å²) in [7, 11) is 0. The second kappa shape index (κ2) is 5.15. The van der Waals surface area contributed by atoms with Crippen molar-refractivity contribution in [2.75, 3.05) is 0 Å². The number of hydrogen-bond acceptors (Lipinski definition) is 3. The predicted molar refractivity (Wildman–Crippen MR) is 75.3 cm³/mol. The van der Waals surface area contributed by atoms with Gasteiger partial charge in [-0.05, 0) is 24.0 Å². The van der Waals surface area contributed by atoms with Gasteiger partial charge in [-0.2, -0.15) is 0 Å². The lowest BCUT2D eigenvalue weighted by Crippen LogP contribution is -2.33. The third-order valence-corrected chi connectivity index (χ3v) is 4.53. The first-order valence-corrected chi connectivity index (χ1v) is 6.99. The van der Waals surface area contributed by atoms with Crippen molar-refractivity contribution < 1.29 is 0 Å². The fraction of sp³-hybridized carbons (Fsp3) is 0.500. The van der Waals surface area contributed by atoms with Crippen LogP contribution in [0.2, 0.25) is 0 Å². The van der Waals surface area contributed by atoms with E-state index >= 15 is 0 Å². The monoisotopic (exact) mass is 248 g/mol. The molecule has 0 aliphatic carbocycles. The predicted octanol–water partition coefficient (Wildman–Crippen LogP) is 3.46. The molecule has 0 fully saturated rings. The van der Waals surface area contributed by atoms with Crippen LogP contribution in [-0.2, 0) is 6.42 Å². The van der Waals surface area contributed by atoms with E-state index in [1.807, 2.05) is 6.07 Å². The van der Waals surface area contributed by atoms with Crippen molar-refractivity contribution in [1.82, 2.24) is 4.98 Å². The normalized spacial score (nSPS) is 15.4. The van der Waals surface area contributed by atoms with Gasteiger partial charge in [-0.15, -0.1) is 11.3 Å². The van der Waals surface area contributed by atoms with Crippen LogP contribution in [0, 0.1) is 11.8 Å². The quantitative estimate of drug-likeness (QED) is 0.900. The van der Waals surface area contributed by atoms with Gasteiger partial charge in [-0.1, -0.05) is 32.9 Å². The molecule has 2 aromatic rings. The van der Waals surface area contributed by atoms with Gasteiger partial charge in [0.2, 0.25) is 0 Å². The van der Waals surface area contributed by atoms with E-state index in [9.17, 15) is 0 Å². The first-order chi connectivity index (χ1) is 8.08. The molecule has 1 aromatic carbocycles. The molecule has 3 heteroatoms. The van der Waals surface area contributed by atoms with Crippen molar-refractivity contribution >= 4 is 21.6 Å². The first-order valence-electron chi connectivity index (χ1n) is 6.18. The molecule has 0 spiro atoms. The zero-order valence-corrected chi connectivity index (χ0v) is 11.5. The minimum absolute atomic E-state index is 0.204. The topological polar surface area (TPSA) is 38.9 Å². The van der Waals surface area contributed by atoms with Crippen LogP contribution in [0.15, 0.2) is 24.3 Å². The average Bonchev–Trinajstić information content (AvgIpc) is 2.69. The molecule has 0 saturated heterocycles. The number of benzene rings is 1. The largest absolute Gasteiger partial charge is 0.327 e. The second-order valence-corrected chi connectivity index (χ2v) is 6.16. The number of fused-ring (bicyclic) bond motifs is 1. The van der Waals surface area contributed by atoms with Gasteiger partial charge in [0.15, 0.2) is 0 Å². The summed E-state index contributed by atoms with van der Waals surface area (Å²) in [5.41, 5.74) is 7.33. The summed E-state index contributed by atoms with van der Waals surface area (Å²) in [5, 5.41) is 1.16. The van der Waals surface area contributed by atoms with Crippen molar-refractivity contribution in [2.24, 2.45) is 17.6 Å². The molecule has 92 valence electrons. The van der Waals surface area contributed by atoms with Crippen molar-refractivity contribution in [1.29, 1.82) is 0 Å². The van der Waals surface area contributed by atoms with E-state index in [1.165, 1.54) is 4.70 Å². The summed E-state index contributed by atoms with van der Waals surface area (Å²) in [6.45, 7) is 6.68. The molecule has 0 aliphatic heterocycles. The fourth-order valence-electron chi connectivity index (χ4n) is 1.89. The molecule has 1 aromatic heterocycles. The summed E-state index contributed by atoms with van der Waals surface area (Å²) in [4.78, 5) is 4.63.